The maximum absolute atomic E-state index is 13.6. The Morgan fingerprint density at radius 2 is 2.19 bits per heavy atom. The van der Waals surface area contributed by atoms with E-state index in [9.17, 15) is 8.78 Å². The third kappa shape index (κ3) is 1.76. The summed E-state index contributed by atoms with van der Waals surface area (Å²) in [6, 6.07) is 2.47. The third-order valence-corrected chi connectivity index (χ3v) is 2.60. The molecule has 0 radical (unpaired) electrons. The number of hydrogen-bond donors (Lipinski definition) is 1. The van der Waals surface area contributed by atoms with Crippen molar-refractivity contribution < 1.29 is 8.78 Å². The van der Waals surface area contributed by atoms with Gasteiger partial charge >= 0.3 is 0 Å². The zero-order chi connectivity index (χ0) is 11.9. The quantitative estimate of drug-likeness (QED) is 0.816. The smallest absolute Gasteiger partial charge is 0.184 e. The Morgan fingerprint density at radius 1 is 1.50 bits per heavy atom. The molecule has 0 bridgehead atoms. The van der Waals surface area contributed by atoms with Crippen molar-refractivity contribution in [2.24, 2.45) is 0 Å². The van der Waals surface area contributed by atoms with E-state index in [1.165, 1.54) is 10.6 Å². The highest BCUT2D eigenvalue weighted by atomic mass is 35.5. The van der Waals surface area contributed by atoms with Gasteiger partial charge in [0.25, 0.3) is 0 Å². The topological polar surface area (TPSA) is 20.7 Å². The molecule has 0 unspecified atom stereocenters. The molecule has 16 heavy (non-hydrogen) atoms. The third-order valence-electron chi connectivity index (χ3n) is 2.16. The van der Waals surface area contributed by atoms with Crippen molar-refractivity contribution in [3.63, 3.8) is 0 Å². The van der Waals surface area contributed by atoms with E-state index >= 15 is 0 Å². The molecule has 0 spiro atoms. The monoisotopic (exact) mass is 260 g/mol. The number of aromatic nitrogens is 2. The molecule has 0 fully saturated rings. The largest absolute Gasteiger partial charge is 0.330 e. The summed E-state index contributed by atoms with van der Waals surface area (Å²) < 4.78 is 28.3. The average molecular weight is 261 g/mol. The number of nitrogens with zero attached hydrogens (tertiary/aromatic N) is 1. The minimum Gasteiger partial charge on any atom is -0.330 e. The summed E-state index contributed by atoms with van der Waals surface area (Å²) in [5.74, 6) is -1.86. The molecular weight excluding hydrogens is 254 g/mol. The lowest BCUT2D eigenvalue weighted by molar-refractivity contribution is 0.512. The lowest BCUT2D eigenvalue weighted by Crippen LogP contribution is -2.00. The molecule has 2 aromatic rings. The molecule has 84 valence electrons. The molecule has 1 heterocycles. The Balaban J connectivity index is 2.81. The van der Waals surface area contributed by atoms with Crippen LogP contribution in [0, 0.1) is 16.4 Å². The summed E-state index contributed by atoms with van der Waals surface area (Å²) in [5, 5.41) is 0.292. The molecule has 0 amide bonds. The van der Waals surface area contributed by atoms with Gasteiger partial charge in [-0.3, -0.25) is 0 Å². The number of aromatic amines is 1. The van der Waals surface area contributed by atoms with Gasteiger partial charge in [0.05, 0.1) is 12.1 Å². The minimum absolute atomic E-state index is 0.0757. The van der Waals surface area contributed by atoms with Crippen LogP contribution in [0.25, 0.3) is 11.0 Å². The van der Waals surface area contributed by atoms with Gasteiger partial charge in [-0.25, -0.2) is 8.78 Å². The van der Waals surface area contributed by atoms with Gasteiger partial charge < -0.3 is 9.55 Å². The van der Waals surface area contributed by atoms with Crippen LogP contribution >= 0.6 is 23.8 Å². The van der Waals surface area contributed by atoms with E-state index in [4.69, 9.17) is 23.8 Å². The van der Waals surface area contributed by atoms with Crippen molar-refractivity contribution in [3.05, 3.63) is 40.1 Å². The second-order valence-electron chi connectivity index (χ2n) is 3.29. The van der Waals surface area contributed by atoms with Crippen LogP contribution in [-0.4, -0.2) is 9.55 Å². The summed E-state index contributed by atoms with van der Waals surface area (Å²) in [6.45, 7) is 3.64. The van der Waals surface area contributed by atoms with Crippen molar-refractivity contribution in [1.82, 2.24) is 9.55 Å². The molecular formula is C10H7ClF2N2S. The molecule has 1 aromatic heterocycles. The number of nitrogens with one attached hydrogen (secondary N) is 1. The first-order chi connectivity index (χ1) is 7.50. The Hall–Kier alpha value is -1.20. The van der Waals surface area contributed by atoms with Crippen molar-refractivity contribution in [2.75, 3.05) is 0 Å². The summed E-state index contributed by atoms with van der Waals surface area (Å²) >= 11 is 10.6. The van der Waals surface area contributed by atoms with Crippen LogP contribution < -0.4 is 0 Å². The summed E-state index contributed by atoms with van der Waals surface area (Å²) in [4.78, 5) is 2.77. The van der Waals surface area contributed by atoms with Crippen molar-refractivity contribution >= 4 is 34.9 Å². The molecule has 0 saturated carbocycles. The molecule has 6 heteroatoms. The molecule has 0 aliphatic heterocycles. The van der Waals surface area contributed by atoms with Crippen molar-refractivity contribution in [2.45, 2.75) is 6.54 Å². The van der Waals surface area contributed by atoms with Crippen LogP contribution in [0.5, 0.6) is 0 Å². The molecule has 0 aliphatic rings. The fraction of sp³-hybridized carbons (Fsp3) is 0.100. The van der Waals surface area contributed by atoms with Crippen molar-refractivity contribution in [3.8, 4) is 0 Å². The van der Waals surface area contributed by atoms with E-state index < -0.39 is 11.6 Å². The molecule has 0 aliphatic carbocycles. The Kier molecular flexibility index (Phi) is 2.82. The van der Waals surface area contributed by atoms with E-state index in [2.05, 4.69) is 11.6 Å². The SMILES string of the molecule is C=C(Cl)Cn1c(=S)[nH]c2ccc(F)c(F)c21. The second kappa shape index (κ2) is 3.99. The highest BCUT2D eigenvalue weighted by molar-refractivity contribution is 7.71. The Morgan fingerprint density at radius 3 is 2.81 bits per heavy atom. The lowest BCUT2D eigenvalue weighted by atomic mass is 10.3. The van der Waals surface area contributed by atoms with Crippen LogP contribution in [-0.2, 0) is 6.54 Å². The van der Waals surface area contributed by atoms with E-state index in [1.807, 2.05) is 0 Å². The first kappa shape index (κ1) is 11.3. The van der Waals surface area contributed by atoms with E-state index in [1.54, 1.807) is 0 Å². The number of benzene rings is 1. The van der Waals surface area contributed by atoms with Gasteiger partial charge in [0.2, 0.25) is 0 Å². The number of halogens is 3. The maximum atomic E-state index is 13.6. The Bertz CT molecular complexity index is 630. The fourth-order valence-electron chi connectivity index (χ4n) is 1.51. The highest BCUT2D eigenvalue weighted by Crippen LogP contribution is 2.21. The number of fused-ring (bicyclic) bond motifs is 1. The van der Waals surface area contributed by atoms with Crippen LogP contribution in [0.15, 0.2) is 23.7 Å². The van der Waals surface area contributed by atoms with Gasteiger partial charge in [0.1, 0.15) is 5.52 Å². The predicted molar refractivity (Wildman–Crippen MR) is 62.0 cm³/mol. The second-order valence-corrected chi connectivity index (χ2v) is 4.21. The van der Waals surface area contributed by atoms with E-state index in [-0.39, 0.29) is 16.8 Å². The predicted octanol–water partition coefficient (Wildman–Crippen LogP) is 3.73. The summed E-state index contributed by atoms with van der Waals surface area (Å²) in [5.41, 5.74) is 0.508. The van der Waals surface area contributed by atoms with E-state index in [0.717, 1.165) is 6.07 Å². The summed E-state index contributed by atoms with van der Waals surface area (Å²) in [7, 11) is 0. The zero-order valence-electron chi connectivity index (χ0n) is 8.06. The first-order valence-corrected chi connectivity index (χ1v) is 5.19. The number of imidazole rings is 1. The van der Waals surface area contributed by atoms with Crippen LogP contribution in [0.1, 0.15) is 0 Å². The molecule has 1 aromatic carbocycles. The highest BCUT2D eigenvalue weighted by Gasteiger charge is 2.13. The number of hydrogen-bond acceptors (Lipinski definition) is 1. The molecule has 2 rings (SSSR count). The molecule has 2 nitrogen and oxygen atoms in total. The first-order valence-electron chi connectivity index (χ1n) is 4.40. The van der Waals surface area contributed by atoms with Gasteiger partial charge in [-0.2, -0.15) is 0 Å². The number of allylic oxidation sites excluding steroid dienone is 1. The minimum atomic E-state index is -0.942. The molecule has 1 N–H and O–H groups in total. The molecule has 0 saturated heterocycles. The standard InChI is InChI=1S/C10H7ClF2N2S/c1-5(11)4-15-9-7(14-10(15)16)3-2-6(12)8(9)13/h2-3H,1,4H2,(H,14,16). The van der Waals surface area contributed by atoms with Crippen LogP contribution in [0.3, 0.4) is 0 Å². The van der Waals surface area contributed by atoms with Gasteiger partial charge in [-0.05, 0) is 24.4 Å². The lowest BCUT2D eigenvalue weighted by Gasteiger charge is -2.03. The van der Waals surface area contributed by atoms with Crippen LogP contribution in [0.2, 0.25) is 0 Å². The van der Waals surface area contributed by atoms with Gasteiger partial charge in [0, 0.05) is 5.03 Å². The van der Waals surface area contributed by atoms with E-state index in [0.29, 0.717) is 10.5 Å². The fourth-order valence-corrected chi connectivity index (χ4v) is 1.90. The summed E-state index contributed by atoms with van der Waals surface area (Å²) in [6.07, 6.45) is 0. The van der Waals surface area contributed by atoms with Crippen LogP contribution in [0.4, 0.5) is 8.78 Å². The maximum Gasteiger partial charge on any atom is 0.184 e. The van der Waals surface area contributed by atoms with Gasteiger partial charge in [-0.1, -0.05) is 18.2 Å². The number of H-pyrrole nitrogens is 1. The Labute approximate surface area is 100 Å². The van der Waals surface area contributed by atoms with Gasteiger partial charge in [-0.15, -0.1) is 0 Å². The normalized spacial score (nSPS) is 10.9. The zero-order valence-corrected chi connectivity index (χ0v) is 9.63. The average Bonchev–Trinajstić information content (AvgIpc) is 2.50. The van der Waals surface area contributed by atoms with Crippen molar-refractivity contribution in [1.29, 1.82) is 0 Å². The number of rotatable bonds is 2. The molecule has 0 atom stereocenters. The van der Waals surface area contributed by atoms with Gasteiger partial charge in [0.15, 0.2) is 16.4 Å².